The molecule has 1 aliphatic heterocycles. The smallest absolute Gasteiger partial charge is 0.338 e. The van der Waals surface area contributed by atoms with E-state index in [2.05, 4.69) is 5.32 Å². The molecule has 0 bridgehead atoms. The van der Waals surface area contributed by atoms with E-state index in [4.69, 9.17) is 9.47 Å². The molecule has 1 atom stereocenters. The Hall–Kier alpha value is -3.61. The molecule has 7 nitrogen and oxygen atoms in total. The van der Waals surface area contributed by atoms with E-state index in [1.807, 2.05) is 36.4 Å². The molecule has 1 aliphatic rings. The molecule has 3 rings (SSSR count). The quantitative estimate of drug-likeness (QED) is 0.710. The normalized spacial score (nSPS) is 16.1. The summed E-state index contributed by atoms with van der Waals surface area (Å²) in [6.45, 7) is 3.75. The lowest BCUT2D eigenvalue weighted by molar-refractivity contribution is -0.139. The predicted octanol–water partition coefficient (Wildman–Crippen LogP) is 3.45. The molecule has 0 saturated heterocycles. The molecule has 2 aromatic carbocycles. The van der Waals surface area contributed by atoms with Crippen molar-refractivity contribution in [3.05, 3.63) is 83.1 Å². The van der Waals surface area contributed by atoms with E-state index in [1.54, 1.807) is 38.1 Å². The van der Waals surface area contributed by atoms with Crippen LogP contribution in [-0.2, 0) is 14.3 Å². The van der Waals surface area contributed by atoms with Crippen molar-refractivity contribution in [2.75, 3.05) is 19.8 Å². The van der Waals surface area contributed by atoms with Gasteiger partial charge in [0, 0.05) is 5.70 Å². The van der Waals surface area contributed by atoms with Gasteiger partial charge >= 0.3 is 18.0 Å². The van der Waals surface area contributed by atoms with E-state index < -0.39 is 18.0 Å². The summed E-state index contributed by atoms with van der Waals surface area (Å²) in [4.78, 5) is 38.9. The number of allylic oxidation sites excluding steroid dienone is 1. The van der Waals surface area contributed by atoms with Crippen molar-refractivity contribution in [2.24, 2.45) is 0 Å². The molecule has 1 N–H and O–H groups in total. The molecule has 1 unspecified atom stereocenters. The minimum Gasteiger partial charge on any atom is -0.463 e. The maximum Gasteiger partial charge on any atom is 0.338 e. The van der Waals surface area contributed by atoms with Gasteiger partial charge in [-0.3, -0.25) is 4.90 Å². The van der Waals surface area contributed by atoms with Crippen molar-refractivity contribution in [1.82, 2.24) is 10.2 Å². The molecular weight excluding hydrogens is 384 g/mol. The third kappa shape index (κ3) is 4.68. The fourth-order valence-electron chi connectivity index (χ4n) is 3.31. The largest absolute Gasteiger partial charge is 0.463 e. The molecule has 30 heavy (non-hydrogen) atoms. The molecule has 0 spiro atoms. The summed E-state index contributed by atoms with van der Waals surface area (Å²) >= 11 is 0. The SMILES string of the molecule is CCOC(=O)C1=C(C)N(CCOC(=O)c2ccccc2)C(=O)NC1c1ccccc1. The summed E-state index contributed by atoms with van der Waals surface area (Å²) < 4.78 is 10.5. The van der Waals surface area contributed by atoms with Gasteiger partial charge in [-0.2, -0.15) is 0 Å². The van der Waals surface area contributed by atoms with E-state index in [0.29, 0.717) is 16.8 Å². The summed E-state index contributed by atoms with van der Waals surface area (Å²) in [5.41, 5.74) is 2.05. The first kappa shape index (κ1) is 21.1. The number of nitrogens with zero attached hydrogens (tertiary/aromatic N) is 1. The van der Waals surface area contributed by atoms with Crippen molar-refractivity contribution in [2.45, 2.75) is 19.9 Å². The fourth-order valence-corrected chi connectivity index (χ4v) is 3.31. The van der Waals surface area contributed by atoms with E-state index >= 15 is 0 Å². The molecular formula is C23H24N2O5. The van der Waals surface area contributed by atoms with E-state index in [1.165, 1.54) is 4.90 Å². The monoisotopic (exact) mass is 408 g/mol. The Bertz CT molecular complexity index is 941. The first-order valence-corrected chi connectivity index (χ1v) is 9.76. The Morgan fingerprint density at radius 2 is 1.60 bits per heavy atom. The molecule has 156 valence electrons. The number of carbonyl (C=O) groups is 3. The lowest BCUT2D eigenvalue weighted by atomic mass is 9.95. The zero-order valence-electron chi connectivity index (χ0n) is 17.0. The Morgan fingerprint density at radius 1 is 0.967 bits per heavy atom. The molecule has 0 fully saturated rings. The third-order valence-corrected chi connectivity index (χ3v) is 4.78. The summed E-state index contributed by atoms with van der Waals surface area (Å²) in [5.74, 6) is -0.961. The van der Waals surface area contributed by atoms with Crippen LogP contribution >= 0.6 is 0 Å². The van der Waals surface area contributed by atoms with Crippen LogP contribution in [0.2, 0.25) is 0 Å². The highest BCUT2D eigenvalue weighted by Crippen LogP contribution is 2.31. The highest BCUT2D eigenvalue weighted by atomic mass is 16.5. The van der Waals surface area contributed by atoms with Gasteiger partial charge in [0.05, 0.1) is 30.3 Å². The number of amides is 2. The summed E-state index contributed by atoms with van der Waals surface area (Å²) in [6, 6.07) is 16.9. The molecule has 0 radical (unpaired) electrons. The van der Waals surface area contributed by atoms with Crippen LogP contribution in [0.4, 0.5) is 4.79 Å². The van der Waals surface area contributed by atoms with Gasteiger partial charge in [0.25, 0.3) is 0 Å². The summed E-state index contributed by atoms with van der Waals surface area (Å²) in [5, 5.41) is 2.86. The summed E-state index contributed by atoms with van der Waals surface area (Å²) in [6.07, 6.45) is 0. The van der Waals surface area contributed by atoms with Crippen LogP contribution < -0.4 is 5.32 Å². The van der Waals surface area contributed by atoms with Crippen LogP contribution in [0.3, 0.4) is 0 Å². The number of ether oxygens (including phenoxy) is 2. The summed E-state index contributed by atoms with van der Waals surface area (Å²) in [7, 11) is 0. The zero-order chi connectivity index (χ0) is 21.5. The minimum atomic E-state index is -0.610. The van der Waals surface area contributed by atoms with Crippen molar-refractivity contribution in [3.63, 3.8) is 0 Å². The second-order valence-corrected chi connectivity index (χ2v) is 6.67. The van der Waals surface area contributed by atoms with Crippen LogP contribution in [0.15, 0.2) is 71.9 Å². The zero-order valence-corrected chi connectivity index (χ0v) is 17.0. The lowest BCUT2D eigenvalue weighted by Crippen LogP contribution is -2.49. The number of carbonyl (C=O) groups excluding carboxylic acids is 3. The number of esters is 2. The van der Waals surface area contributed by atoms with Crippen molar-refractivity contribution in [3.8, 4) is 0 Å². The van der Waals surface area contributed by atoms with Crippen molar-refractivity contribution in [1.29, 1.82) is 0 Å². The van der Waals surface area contributed by atoms with Gasteiger partial charge in [0.2, 0.25) is 0 Å². The second kappa shape index (κ2) is 9.73. The Balaban J connectivity index is 1.79. The molecule has 0 aromatic heterocycles. The first-order chi connectivity index (χ1) is 14.5. The average molecular weight is 408 g/mol. The van der Waals surface area contributed by atoms with Gasteiger partial charge < -0.3 is 14.8 Å². The number of rotatable bonds is 7. The van der Waals surface area contributed by atoms with Gasteiger partial charge in [0.1, 0.15) is 6.61 Å². The van der Waals surface area contributed by atoms with Crippen LogP contribution in [0.1, 0.15) is 35.8 Å². The minimum absolute atomic E-state index is 0.00933. The van der Waals surface area contributed by atoms with E-state index in [9.17, 15) is 14.4 Å². The molecule has 7 heteroatoms. The molecule has 0 saturated carbocycles. The Morgan fingerprint density at radius 3 is 2.23 bits per heavy atom. The van der Waals surface area contributed by atoms with E-state index in [-0.39, 0.29) is 25.8 Å². The molecule has 0 aliphatic carbocycles. The van der Waals surface area contributed by atoms with Crippen LogP contribution in [0.25, 0.3) is 0 Å². The first-order valence-electron chi connectivity index (χ1n) is 9.76. The second-order valence-electron chi connectivity index (χ2n) is 6.67. The molecule has 2 aromatic rings. The van der Waals surface area contributed by atoms with Gasteiger partial charge in [-0.1, -0.05) is 48.5 Å². The number of nitrogens with one attached hydrogen (secondary N) is 1. The fraction of sp³-hybridized carbons (Fsp3) is 0.261. The van der Waals surface area contributed by atoms with Crippen LogP contribution in [0.5, 0.6) is 0 Å². The van der Waals surface area contributed by atoms with Crippen molar-refractivity contribution < 1.29 is 23.9 Å². The maximum absolute atomic E-state index is 12.7. The Kier molecular flexibility index (Phi) is 6.85. The van der Waals surface area contributed by atoms with Gasteiger partial charge in [-0.15, -0.1) is 0 Å². The third-order valence-electron chi connectivity index (χ3n) is 4.78. The maximum atomic E-state index is 12.7. The molecule has 1 heterocycles. The highest BCUT2D eigenvalue weighted by Gasteiger charge is 2.36. The van der Waals surface area contributed by atoms with Gasteiger partial charge in [0.15, 0.2) is 0 Å². The van der Waals surface area contributed by atoms with Crippen molar-refractivity contribution >= 4 is 18.0 Å². The molecule has 2 amide bonds. The lowest BCUT2D eigenvalue weighted by Gasteiger charge is -2.35. The van der Waals surface area contributed by atoms with Gasteiger partial charge in [-0.25, -0.2) is 14.4 Å². The van der Waals surface area contributed by atoms with Crippen LogP contribution in [0, 0.1) is 0 Å². The number of hydrogen-bond donors (Lipinski definition) is 1. The standard InChI is InChI=1S/C23H24N2O5/c1-3-29-22(27)19-16(2)25(14-15-30-21(26)18-12-8-5-9-13-18)23(28)24-20(19)17-10-6-4-7-11-17/h4-13,20H,3,14-15H2,1-2H3,(H,24,28). The highest BCUT2D eigenvalue weighted by molar-refractivity contribution is 5.95. The number of urea groups is 1. The average Bonchev–Trinajstić information content (AvgIpc) is 2.76. The van der Waals surface area contributed by atoms with Crippen LogP contribution in [-0.4, -0.2) is 42.6 Å². The predicted molar refractivity (Wildman–Crippen MR) is 110 cm³/mol. The number of hydrogen-bond acceptors (Lipinski definition) is 5. The topological polar surface area (TPSA) is 84.9 Å². The Labute approximate surface area is 175 Å². The van der Waals surface area contributed by atoms with E-state index in [0.717, 1.165) is 5.56 Å². The van der Waals surface area contributed by atoms with Gasteiger partial charge in [-0.05, 0) is 31.5 Å². The number of benzene rings is 2.